The highest BCUT2D eigenvalue weighted by Crippen LogP contribution is 2.87. The summed E-state index contributed by atoms with van der Waals surface area (Å²) in [4.78, 5) is 64.5. The topological polar surface area (TPSA) is 105 Å². The van der Waals surface area contributed by atoms with Gasteiger partial charge in [0, 0.05) is 0 Å². The van der Waals surface area contributed by atoms with Gasteiger partial charge in [0.1, 0.15) is 0 Å². The van der Waals surface area contributed by atoms with Gasteiger partial charge < -0.3 is 18.9 Å². The third-order valence-electron chi connectivity index (χ3n) is 26.4. The first kappa shape index (κ1) is 32.5. The van der Waals surface area contributed by atoms with Gasteiger partial charge in [-0.3, -0.25) is 0 Å². The van der Waals surface area contributed by atoms with Crippen LogP contribution in [0.15, 0.2) is 22.3 Å². The van der Waals surface area contributed by atoms with Crippen molar-refractivity contribution in [1.29, 1.82) is 0 Å². The first-order chi connectivity index (χ1) is 39.4. The lowest BCUT2D eigenvalue weighted by atomic mass is 9.41. The van der Waals surface area contributed by atoms with Crippen molar-refractivity contribution in [2.75, 3.05) is 28.4 Å². The Balaban J connectivity index is 1.15. The minimum Gasteiger partial charge on any atom is -0.466 e. The van der Waals surface area contributed by atoms with Gasteiger partial charge >= 0.3 is 23.9 Å². The third-order valence-corrected chi connectivity index (χ3v) is 26.4. The van der Waals surface area contributed by atoms with E-state index in [0.29, 0.717) is 0 Å². The maximum atomic E-state index is 16.6. The molecule has 33 rings (SSSR count). The fourth-order valence-corrected chi connectivity index (χ4v) is 26.1. The van der Waals surface area contributed by atoms with Crippen LogP contribution in [0.4, 0.5) is 0 Å². The van der Waals surface area contributed by atoms with Crippen molar-refractivity contribution in [1.82, 2.24) is 0 Å². The summed E-state index contributed by atoms with van der Waals surface area (Å²) >= 11 is 0. The summed E-state index contributed by atoms with van der Waals surface area (Å²) in [5.74, 6) is -3.32. The van der Waals surface area contributed by atoms with Crippen LogP contribution < -0.4 is 0 Å². The Morgan fingerprint density at radius 2 is 0.300 bits per heavy atom. The molecule has 0 saturated heterocycles. The molecule has 5 aliphatic rings. The molecule has 0 radical (unpaired) electrons. The molecular formula is C72H12O8. The number of hydrogen-bond acceptors (Lipinski definition) is 8. The van der Waals surface area contributed by atoms with Gasteiger partial charge in [-0.2, -0.15) is 0 Å². The molecule has 0 N–H and O–H groups in total. The lowest BCUT2D eigenvalue weighted by Crippen LogP contribution is -2.60. The van der Waals surface area contributed by atoms with Crippen LogP contribution in [-0.4, -0.2) is 52.3 Å². The molecule has 80 heavy (non-hydrogen) atoms. The monoisotopic (exact) mass is 1000 g/mol. The van der Waals surface area contributed by atoms with Gasteiger partial charge in [-0.25, -0.2) is 19.2 Å². The molecule has 0 amide bonds. The summed E-state index contributed by atoms with van der Waals surface area (Å²) in [5.41, 5.74) is -0.0285. The molecule has 28 aromatic rings. The molecule has 0 heterocycles. The Morgan fingerprint density at radius 1 is 0.188 bits per heavy atom. The second-order valence-electron chi connectivity index (χ2n) is 26.7. The van der Waals surface area contributed by atoms with Gasteiger partial charge in [0.05, 0.1) is 61.6 Å². The summed E-state index contributed by atoms with van der Waals surface area (Å²) in [6, 6.07) is 0. The maximum Gasteiger partial charge on any atom is 0.339 e. The molecule has 8 nitrogen and oxygen atoms in total. The van der Waals surface area contributed by atoms with Crippen LogP contribution in [0.3, 0.4) is 0 Å². The molecule has 0 bridgehead atoms. The van der Waals surface area contributed by atoms with Gasteiger partial charge in [-0.15, -0.1) is 0 Å². The molecule has 28 aromatic carbocycles. The lowest BCUT2D eigenvalue weighted by molar-refractivity contribution is -0.143. The Kier molecular flexibility index (Phi) is 3.10. The molecule has 348 valence electrons. The fraction of sp³-hybridized carbons (Fsp3) is 0.0833. The van der Waals surface area contributed by atoms with E-state index in [1.807, 2.05) is 0 Å². The maximum absolute atomic E-state index is 16.6. The van der Waals surface area contributed by atoms with Crippen molar-refractivity contribution in [3.05, 3.63) is 44.5 Å². The summed E-state index contributed by atoms with van der Waals surface area (Å²) in [7, 11) is 5.34. The Hall–Kier alpha value is -10.2. The normalized spacial score (nSPS) is 21.2. The summed E-state index contributed by atoms with van der Waals surface area (Å²) in [6.45, 7) is 0. The summed E-state index contributed by atoms with van der Waals surface area (Å²) in [6.07, 6.45) is 0. The number of carbonyl (C=O) groups excluding carboxylic acids is 4. The molecule has 0 atom stereocenters. The Bertz CT molecular complexity index is 7260. The van der Waals surface area contributed by atoms with Crippen LogP contribution in [0.2, 0.25) is 0 Å². The quantitative estimate of drug-likeness (QED) is 0.0975. The molecular weight excluding hydrogens is 993 g/mol. The number of benzene rings is 18. The highest BCUT2D eigenvalue weighted by Gasteiger charge is 2.77. The summed E-state index contributed by atoms with van der Waals surface area (Å²) < 4.78 is 24.3. The van der Waals surface area contributed by atoms with Crippen LogP contribution in [0.25, 0.3) is 291 Å². The Morgan fingerprint density at radius 3 is 0.412 bits per heavy atom. The van der Waals surface area contributed by atoms with Crippen LogP contribution in [0.5, 0.6) is 0 Å². The van der Waals surface area contributed by atoms with Crippen LogP contribution in [0.1, 0.15) is 22.3 Å². The van der Waals surface area contributed by atoms with Crippen molar-refractivity contribution >= 4 is 315 Å². The van der Waals surface area contributed by atoms with Crippen molar-refractivity contribution in [3.8, 4) is 0 Å². The standard InChI is InChI=1S/C72H12O8/c1-77-67(73)59-60(68(74)78-2)66(70(76)80-4)72-63-53-45-35-25-17-9-6-5-7-11-13(9)21-27-19(11)29-23-15(7)16-8(5)12-14-10(6)18(17)26-32-22(14)28-20(12)30-24(16)34-33(23)43-37(29)47-41(27)49(39(45)31(21)25)57(63)55(47)61-51(43)52-44(34)38(30)48-42(28)50-40(32)46(36(26)35)54(53)64(72)58(50)56(48)62(52)71(61,72)65(59)69(75)79-3/h1-4H3. The Labute approximate surface area is 434 Å². The average Bonchev–Trinajstić information content (AvgIpc) is 1.41. The average molecular weight is 1000 g/mol. The zero-order valence-corrected chi connectivity index (χ0v) is 41.3. The van der Waals surface area contributed by atoms with Crippen molar-refractivity contribution in [3.63, 3.8) is 0 Å². The van der Waals surface area contributed by atoms with E-state index < -0.39 is 34.7 Å². The number of esters is 4. The van der Waals surface area contributed by atoms with E-state index in [9.17, 15) is 0 Å². The SMILES string of the molecule is COC(=O)C1=C(C(=O)OC)C23c4c5c6c7c8c9c(c%10c%11c2c2c4c4c%12c5c5c6c6c8c8c%13c9c9c%10c%10c%11c%11c2c2c4c4c%12c%12c5c5c6c8c6c8c%13c9c9c%10c%10c%11c2c2c4c4c%12c5c6c5c8c9c%10c2c45)C73C(C(=O)OC)=C1C(=O)OC. The van der Waals surface area contributed by atoms with Crippen LogP contribution in [-0.2, 0) is 49.0 Å². The van der Waals surface area contributed by atoms with Crippen molar-refractivity contribution in [2.45, 2.75) is 10.8 Å². The van der Waals surface area contributed by atoms with Crippen LogP contribution >= 0.6 is 0 Å². The summed E-state index contributed by atoms with van der Waals surface area (Å²) in [5, 5.41) is 71.8. The fourth-order valence-electron chi connectivity index (χ4n) is 26.1. The number of ether oxygens (including phenoxy) is 4. The first-order valence-corrected chi connectivity index (χ1v) is 28.0. The second-order valence-corrected chi connectivity index (χ2v) is 26.7. The molecule has 0 unspecified atom stereocenters. The minimum atomic E-state index is -1.67. The molecule has 0 aromatic heterocycles. The molecule has 0 saturated carbocycles. The molecule has 2 spiro atoms. The minimum absolute atomic E-state index is 0.0369. The zero-order chi connectivity index (χ0) is 49.9. The van der Waals surface area contributed by atoms with Gasteiger partial charge in [0.2, 0.25) is 0 Å². The van der Waals surface area contributed by atoms with E-state index in [4.69, 9.17) is 18.9 Å². The molecule has 5 aliphatic carbocycles. The predicted octanol–water partition coefficient (Wildman–Crippen LogP) is 15.6. The van der Waals surface area contributed by atoms with Crippen molar-refractivity contribution < 1.29 is 38.1 Å². The number of hydrogen-bond donors (Lipinski definition) is 0. The van der Waals surface area contributed by atoms with Gasteiger partial charge in [-0.05, 0) is 313 Å². The van der Waals surface area contributed by atoms with E-state index in [1.165, 1.54) is 276 Å². The smallest absolute Gasteiger partial charge is 0.339 e. The van der Waals surface area contributed by atoms with Crippen LogP contribution in [0, 0.1) is 0 Å². The molecule has 0 fully saturated rings. The van der Waals surface area contributed by atoms with Gasteiger partial charge in [0.25, 0.3) is 0 Å². The first-order valence-electron chi connectivity index (χ1n) is 28.0. The van der Waals surface area contributed by atoms with E-state index in [1.54, 1.807) is 0 Å². The zero-order valence-electron chi connectivity index (χ0n) is 41.3. The highest BCUT2D eigenvalue weighted by atomic mass is 16.5. The predicted molar refractivity (Wildman–Crippen MR) is 316 cm³/mol. The van der Waals surface area contributed by atoms with Gasteiger partial charge in [0.15, 0.2) is 0 Å². The van der Waals surface area contributed by atoms with E-state index in [2.05, 4.69) is 0 Å². The van der Waals surface area contributed by atoms with E-state index in [0.717, 1.165) is 65.3 Å². The van der Waals surface area contributed by atoms with Gasteiger partial charge in [-0.1, -0.05) is 0 Å². The second kappa shape index (κ2) is 7.62. The number of carbonyl (C=O) groups is 4. The number of methoxy groups -OCH3 is 4. The van der Waals surface area contributed by atoms with E-state index >= 15 is 19.2 Å². The lowest BCUT2D eigenvalue weighted by Gasteiger charge is -2.57. The molecule has 0 aliphatic heterocycles. The molecule has 8 heteroatoms. The largest absolute Gasteiger partial charge is 0.466 e. The number of rotatable bonds is 4. The third kappa shape index (κ3) is 1.79. The van der Waals surface area contributed by atoms with Crippen molar-refractivity contribution in [2.24, 2.45) is 0 Å². The highest BCUT2D eigenvalue weighted by molar-refractivity contribution is 6.82. The van der Waals surface area contributed by atoms with E-state index in [-0.39, 0.29) is 22.3 Å².